The molecule has 0 radical (unpaired) electrons. The molecule has 0 spiro atoms. The number of aryl methyl sites for hydroxylation is 2. The zero-order chi connectivity index (χ0) is 18.8. The molecule has 0 unspecified atom stereocenters. The van der Waals surface area contributed by atoms with Gasteiger partial charge in [0.1, 0.15) is 0 Å². The van der Waals surface area contributed by atoms with Crippen LogP contribution in [0.15, 0.2) is 52.7 Å². The maximum Gasteiger partial charge on any atom is 0.259 e. The van der Waals surface area contributed by atoms with Gasteiger partial charge in [0.15, 0.2) is 0 Å². The minimum absolute atomic E-state index is 0.0517. The number of halogens is 1. The van der Waals surface area contributed by atoms with Crippen LogP contribution in [0.4, 0.5) is 5.69 Å². The third kappa shape index (κ3) is 4.05. The third-order valence-corrected chi connectivity index (χ3v) is 6.73. The molecule has 138 valence electrons. The minimum Gasteiger partial charge on any atom is -0.308 e. The van der Waals surface area contributed by atoms with Gasteiger partial charge in [-0.3, -0.25) is 4.79 Å². The van der Waals surface area contributed by atoms with E-state index in [9.17, 15) is 4.79 Å². The number of fused-ring (bicyclic) bond motifs is 1. The van der Waals surface area contributed by atoms with E-state index in [1.54, 1.807) is 23.1 Å². The molecule has 0 fully saturated rings. The molecule has 1 aromatic heterocycles. The predicted molar refractivity (Wildman–Crippen MR) is 114 cm³/mol. The number of carbonyl (C=O) groups excluding carboxylic acids is 1. The van der Waals surface area contributed by atoms with Gasteiger partial charge in [-0.1, -0.05) is 23.7 Å². The van der Waals surface area contributed by atoms with Crippen molar-refractivity contribution in [2.24, 2.45) is 0 Å². The first kappa shape index (κ1) is 18.5. The highest BCUT2D eigenvalue weighted by atomic mass is 35.5. The van der Waals surface area contributed by atoms with Crippen molar-refractivity contribution >= 4 is 46.3 Å². The van der Waals surface area contributed by atoms with E-state index in [-0.39, 0.29) is 5.91 Å². The molecule has 1 aliphatic heterocycles. The Kier molecular flexibility index (Phi) is 5.53. The Bertz CT molecular complexity index is 986. The summed E-state index contributed by atoms with van der Waals surface area (Å²) in [7, 11) is 0. The number of nitrogens with zero attached hydrogens (tertiary/aromatic N) is 2. The van der Waals surface area contributed by atoms with Gasteiger partial charge in [0, 0.05) is 33.3 Å². The summed E-state index contributed by atoms with van der Waals surface area (Å²) in [5, 5.41) is 3.87. The second kappa shape index (κ2) is 8.05. The fourth-order valence-corrected chi connectivity index (χ4v) is 5.17. The van der Waals surface area contributed by atoms with Crippen molar-refractivity contribution in [3.05, 3.63) is 74.7 Å². The number of benzene rings is 2. The predicted octanol–water partition coefficient (Wildman–Crippen LogP) is 5.99. The number of thiazole rings is 1. The van der Waals surface area contributed by atoms with E-state index in [1.807, 2.05) is 54.3 Å². The normalized spacial score (nSPS) is 13.5. The molecule has 0 N–H and O–H groups in total. The van der Waals surface area contributed by atoms with E-state index in [4.69, 9.17) is 11.6 Å². The first-order valence-electron chi connectivity index (χ1n) is 8.85. The van der Waals surface area contributed by atoms with E-state index in [0.29, 0.717) is 0 Å². The maximum absolute atomic E-state index is 13.3. The van der Waals surface area contributed by atoms with Crippen LogP contribution in [0.2, 0.25) is 5.02 Å². The highest BCUT2D eigenvalue weighted by molar-refractivity contribution is 7.98. The van der Waals surface area contributed by atoms with Crippen LogP contribution in [-0.4, -0.2) is 17.4 Å². The van der Waals surface area contributed by atoms with Gasteiger partial charge in [-0.25, -0.2) is 4.98 Å². The standard InChI is InChI=1S/C21H19ClN2OS2/c1-14-23-17(12-26-14)13-27-20-7-3-2-6-18(20)21(25)24-10-4-5-15-11-16(22)8-9-19(15)24/h2-3,6-9,11-12H,4-5,10,13H2,1H3. The highest BCUT2D eigenvalue weighted by Crippen LogP contribution is 2.33. The molecule has 3 nitrogen and oxygen atoms in total. The quantitative estimate of drug-likeness (QED) is 0.491. The second-order valence-corrected chi connectivity index (χ2v) is 8.99. The molecular weight excluding hydrogens is 396 g/mol. The molecule has 6 heteroatoms. The Balaban J connectivity index is 1.60. The minimum atomic E-state index is 0.0517. The summed E-state index contributed by atoms with van der Waals surface area (Å²) in [4.78, 5) is 20.8. The first-order valence-corrected chi connectivity index (χ1v) is 11.1. The fourth-order valence-electron chi connectivity index (χ4n) is 3.32. The molecule has 0 aliphatic carbocycles. The number of amides is 1. The van der Waals surface area contributed by atoms with Crippen molar-refractivity contribution in [3.63, 3.8) is 0 Å². The number of anilines is 1. The lowest BCUT2D eigenvalue weighted by atomic mass is 10.0. The molecule has 0 saturated heterocycles. The van der Waals surface area contributed by atoms with Gasteiger partial charge in [-0.05, 0) is 55.7 Å². The summed E-state index contributed by atoms with van der Waals surface area (Å²) in [5.41, 5.74) is 3.93. The SMILES string of the molecule is Cc1nc(CSc2ccccc2C(=O)N2CCCc3cc(Cl)ccc32)cs1. The van der Waals surface area contributed by atoms with Crippen molar-refractivity contribution in [3.8, 4) is 0 Å². The molecule has 1 amide bonds. The van der Waals surface area contributed by atoms with Crippen LogP contribution in [0, 0.1) is 6.92 Å². The molecule has 0 atom stereocenters. The summed E-state index contributed by atoms with van der Waals surface area (Å²) in [5.74, 6) is 0.816. The molecule has 0 bridgehead atoms. The van der Waals surface area contributed by atoms with Gasteiger partial charge in [0.05, 0.1) is 16.3 Å². The topological polar surface area (TPSA) is 33.2 Å². The maximum atomic E-state index is 13.3. The Morgan fingerprint density at radius 3 is 2.96 bits per heavy atom. The molecule has 0 saturated carbocycles. The van der Waals surface area contributed by atoms with Gasteiger partial charge in [-0.15, -0.1) is 23.1 Å². The van der Waals surface area contributed by atoms with Crippen molar-refractivity contribution in [2.45, 2.75) is 30.4 Å². The Morgan fingerprint density at radius 1 is 1.30 bits per heavy atom. The number of carbonyl (C=O) groups is 1. The van der Waals surface area contributed by atoms with Crippen LogP contribution < -0.4 is 4.90 Å². The number of rotatable bonds is 4. The van der Waals surface area contributed by atoms with Crippen molar-refractivity contribution in [2.75, 3.05) is 11.4 Å². The van der Waals surface area contributed by atoms with Crippen LogP contribution in [0.3, 0.4) is 0 Å². The molecule has 2 heterocycles. The molecule has 27 heavy (non-hydrogen) atoms. The van der Waals surface area contributed by atoms with Crippen LogP contribution in [0.5, 0.6) is 0 Å². The van der Waals surface area contributed by atoms with Crippen LogP contribution in [0.25, 0.3) is 0 Å². The Labute approximate surface area is 172 Å². The summed E-state index contributed by atoms with van der Waals surface area (Å²) in [6.45, 7) is 2.74. The summed E-state index contributed by atoms with van der Waals surface area (Å²) in [6, 6.07) is 13.6. The fraction of sp³-hybridized carbons (Fsp3) is 0.238. The van der Waals surface area contributed by atoms with Gasteiger partial charge >= 0.3 is 0 Å². The summed E-state index contributed by atoms with van der Waals surface area (Å²) in [6.07, 6.45) is 1.91. The van der Waals surface area contributed by atoms with Crippen LogP contribution in [-0.2, 0) is 12.2 Å². The molecular formula is C21H19ClN2OS2. The average Bonchev–Trinajstić information content (AvgIpc) is 3.10. The average molecular weight is 415 g/mol. The molecule has 1 aliphatic rings. The van der Waals surface area contributed by atoms with Gasteiger partial charge in [0.25, 0.3) is 5.91 Å². The highest BCUT2D eigenvalue weighted by Gasteiger charge is 2.25. The van der Waals surface area contributed by atoms with Gasteiger partial charge in [0.2, 0.25) is 0 Å². The third-order valence-electron chi connectivity index (χ3n) is 4.56. The molecule has 2 aromatic carbocycles. The first-order chi connectivity index (χ1) is 13.1. The van der Waals surface area contributed by atoms with E-state index >= 15 is 0 Å². The number of hydrogen-bond donors (Lipinski definition) is 0. The van der Waals surface area contributed by atoms with Crippen molar-refractivity contribution in [1.82, 2.24) is 4.98 Å². The monoisotopic (exact) mass is 414 g/mol. The van der Waals surface area contributed by atoms with Crippen molar-refractivity contribution < 1.29 is 4.79 Å². The summed E-state index contributed by atoms with van der Waals surface area (Å²) < 4.78 is 0. The Hall–Kier alpha value is -1.82. The largest absolute Gasteiger partial charge is 0.308 e. The smallest absolute Gasteiger partial charge is 0.259 e. The number of aromatic nitrogens is 1. The van der Waals surface area contributed by atoms with Gasteiger partial charge < -0.3 is 4.90 Å². The number of thioether (sulfide) groups is 1. The van der Waals surface area contributed by atoms with E-state index in [2.05, 4.69) is 10.4 Å². The lowest BCUT2D eigenvalue weighted by Crippen LogP contribution is -2.35. The Morgan fingerprint density at radius 2 is 2.15 bits per heavy atom. The molecule has 3 aromatic rings. The van der Waals surface area contributed by atoms with Crippen molar-refractivity contribution in [1.29, 1.82) is 0 Å². The van der Waals surface area contributed by atoms with E-state index in [0.717, 1.165) is 62.6 Å². The zero-order valence-electron chi connectivity index (χ0n) is 14.9. The lowest BCUT2D eigenvalue weighted by molar-refractivity contribution is 0.0982. The lowest BCUT2D eigenvalue weighted by Gasteiger charge is -2.30. The zero-order valence-corrected chi connectivity index (χ0v) is 17.3. The van der Waals surface area contributed by atoms with Crippen LogP contribution >= 0.6 is 34.7 Å². The molecule has 4 rings (SSSR count). The van der Waals surface area contributed by atoms with E-state index < -0.39 is 0 Å². The number of hydrogen-bond acceptors (Lipinski definition) is 4. The van der Waals surface area contributed by atoms with Crippen LogP contribution in [0.1, 0.15) is 33.0 Å². The summed E-state index contributed by atoms with van der Waals surface area (Å²) >= 11 is 9.46. The van der Waals surface area contributed by atoms with E-state index in [1.165, 1.54) is 0 Å². The van der Waals surface area contributed by atoms with Gasteiger partial charge in [-0.2, -0.15) is 0 Å². The second-order valence-electron chi connectivity index (χ2n) is 6.48.